The molecule has 2 aliphatic heterocycles. The molecule has 0 aromatic carbocycles. The number of carboxylic acid groups (broad SMARTS) is 1. The minimum atomic E-state index is -0.738. The summed E-state index contributed by atoms with van der Waals surface area (Å²) in [5, 5.41) is 13.5. The van der Waals surface area contributed by atoms with Crippen LogP contribution in [0.15, 0.2) is 30.5 Å². The lowest BCUT2D eigenvalue weighted by molar-refractivity contribution is -0.143. The zero-order chi connectivity index (χ0) is 22.6. The number of nitrogens with zero attached hydrogens (tertiary/aromatic N) is 3. The molecule has 2 fully saturated rings. The molecule has 2 aromatic rings. The van der Waals surface area contributed by atoms with Crippen LogP contribution in [0.2, 0.25) is 0 Å². The van der Waals surface area contributed by atoms with Gasteiger partial charge in [0.15, 0.2) is 0 Å². The molecule has 6 nitrogen and oxygen atoms in total. The Morgan fingerprint density at radius 2 is 2.09 bits per heavy atom. The van der Waals surface area contributed by atoms with Crippen LogP contribution >= 0.6 is 0 Å². The van der Waals surface area contributed by atoms with Crippen LogP contribution < -0.4 is 5.32 Å². The van der Waals surface area contributed by atoms with E-state index in [0.29, 0.717) is 11.8 Å². The topological polar surface area (TPSA) is 78.3 Å². The Balaban J connectivity index is 1.08. The molecule has 1 saturated carbocycles. The van der Waals surface area contributed by atoms with Crippen molar-refractivity contribution in [3.63, 3.8) is 0 Å². The van der Waals surface area contributed by atoms with E-state index in [1.165, 1.54) is 43.4 Å². The molecule has 4 heterocycles. The first-order chi connectivity index (χ1) is 16.2. The number of fused-ring (bicyclic) bond motifs is 1. The third-order valence-corrected chi connectivity index (χ3v) is 7.54. The number of nitrogens with one attached hydrogen (secondary N) is 1. The zero-order valence-electron chi connectivity index (χ0n) is 19.5. The third kappa shape index (κ3) is 5.37. The summed E-state index contributed by atoms with van der Waals surface area (Å²) in [6, 6.07) is 7.76. The van der Waals surface area contributed by atoms with Crippen LogP contribution in [0.25, 0.3) is 0 Å². The average Bonchev–Trinajstić information content (AvgIpc) is 3.58. The summed E-state index contributed by atoms with van der Waals surface area (Å²) in [6.07, 6.45) is 13.3. The predicted octanol–water partition coefficient (Wildman–Crippen LogP) is 4.96. The number of rotatable bonds is 10. The van der Waals surface area contributed by atoms with E-state index in [9.17, 15) is 9.90 Å². The van der Waals surface area contributed by atoms with E-state index in [4.69, 9.17) is 4.98 Å². The number of hydrogen-bond acceptors (Lipinski definition) is 5. The normalized spacial score (nSPS) is 21.4. The Hall–Kier alpha value is -2.47. The molecule has 5 rings (SSSR count). The van der Waals surface area contributed by atoms with Gasteiger partial charge in [0.25, 0.3) is 0 Å². The standard InChI is InChI=1S/C27H36N4O2/c32-27(33)25(23-9-5-15-28-24(23)20-10-11-20)31-17-14-19(18-31)6-2-1-3-8-22-13-12-21-7-4-16-29-26(21)30-22/h5,9,12-13,15,19-20,25H,1-4,6-8,10-11,14,16-18H2,(H,29,30)(H,32,33)/t19?,25-/m1/s1. The van der Waals surface area contributed by atoms with Crippen molar-refractivity contribution in [2.45, 2.75) is 76.2 Å². The summed E-state index contributed by atoms with van der Waals surface area (Å²) in [5.41, 5.74) is 4.48. The van der Waals surface area contributed by atoms with Gasteiger partial charge in [0.05, 0.1) is 0 Å². The van der Waals surface area contributed by atoms with Gasteiger partial charge in [-0.05, 0) is 81.5 Å². The molecule has 1 aliphatic carbocycles. The van der Waals surface area contributed by atoms with Gasteiger partial charge < -0.3 is 10.4 Å². The van der Waals surface area contributed by atoms with Crippen LogP contribution in [0.3, 0.4) is 0 Å². The number of aromatic nitrogens is 2. The third-order valence-electron chi connectivity index (χ3n) is 7.54. The molecule has 33 heavy (non-hydrogen) atoms. The summed E-state index contributed by atoms with van der Waals surface area (Å²) in [5.74, 6) is 1.41. The predicted molar refractivity (Wildman–Crippen MR) is 129 cm³/mol. The number of anilines is 1. The Morgan fingerprint density at radius 1 is 1.18 bits per heavy atom. The molecule has 2 aromatic heterocycles. The maximum Gasteiger partial charge on any atom is 0.325 e. The van der Waals surface area contributed by atoms with Crippen molar-refractivity contribution in [3.05, 3.63) is 53.0 Å². The number of aryl methyl sites for hydroxylation is 2. The van der Waals surface area contributed by atoms with Gasteiger partial charge in [0.1, 0.15) is 11.9 Å². The van der Waals surface area contributed by atoms with E-state index in [0.717, 1.165) is 68.8 Å². The number of likely N-dealkylation sites (tertiary alicyclic amines) is 1. The van der Waals surface area contributed by atoms with Gasteiger partial charge in [0.2, 0.25) is 0 Å². The highest BCUT2D eigenvalue weighted by molar-refractivity contribution is 5.76. The summed E-state index contributed by atoms with van der Waals surface area (Å²) >= 11 is 0. The molecule has 1 saturated heterocycles. The van der Waals surface area contributed by atoms with Crippen LogP contribution in [0, 0.1) is 5.92 Å². The molecule has 1 unspecified atom stereocenters. The second kappa shape index (κ2) is 10.2. The molecule has 3 aliphatic rings. The SMILES string of the molecule is O=C(O)[C@@H](c1cccnc1C1CC1)N1CCC(CCCCCc2ccc3c(n2)NCCC3)C1. The molecule has 176 valence electrons. The highest BCUT2D eigenvalue weighted by Crippen LogP contribution is 2.43. The number of pyridine rings is 2. The first kappa shape index (κ1) is 22.3. The molecular weight excluding hydrogens is 412 g/mol. The fourth-order valence-corrected chi connectivity index (χ4v) is 5.60. The monoisotopic (exact) mass is 448 g/mol. The van der Waals surface area contributed by atoms with Crippen molar-refractivity contribution >= 4 is 11.8 Å². The van der Waals surface area contributed by atoms with E-state index in [2.05, 4.69) is 27.3 Å². The van der Waals surface area contributed by atoms with Gasteiger partial charge in [-0.1, -0.05) is 25.0 Å². The van der Waals surface area contributed by atoms with Gasteiger partial charge in [-0.15, -0.1) is 0 Å². The summed E-state index contributed by atoms with van der Waals surface area (Å²) in [4.78, 5) is 23.8. The second-order valence-corrected chi connectivity index (χ2v) is 10.1. The number of carbonyl (C=O) groups is 1. The van der Waals surface area contributed by atoms with E-state index >= 15 is 0 Å². The quantitative estimate of drug-likeness (QED) is 0.500. The maximum atomic E-state index is 12.2. The molecule has 0 spiro atoms. The van der Waals surface area contributed by atoms with E-state index in [1.807, 2.05) is 12.1 Å². The molecular formula is C27H36N4O2. The molecule has 0 amide bonds. The fourth-order valence-electron chi connectivity index (χ4n) is 5.60. The number of unbranched alkanes of at least 4 members (excludes halogenated alkanes) is 2. The van der Waals surface area contributed by atoms with Gasteiger partial charge in [-0.3, -0.25) is 14.7 Å². The number of hydrogen-bond donors (Lipinski definition) is 2. The molecule has 0 bridgehead atoms. The summed E-state index contributed by atoms with van der Waals surface area (Å²) in [7, 11) is 0. The highest BCUT2D eigenvalue weighted by atomic mass is 16.4. The minimum absolute atomic E-state index is 0.460. The Labute approximate surface area is 196 Å². The van der Waals surface area contributed by atoms with Gasteiger partial charge in [0, 0.05) is 42.2 Å². The zero-order valence-corrected chi connectivity index (χ0v) is 19.5. The largest absolute Gasteiger partial charge is 0.480 e. The van der Waals surface area contributed by atoms with Crippen LogP contribution in [0.1, 0.15) is 85.8 Å². The summed E-state index contributed by atoms with van der Waals surface area (Å²) in [6.45, 7) is 2.79. The van der Waals surface area contributed by atoms with Crippen LogP contribution in [0.4, 0.5) is 5.82 Å². The highest BCUT2D eigenvalue weighted by Gasteiger charge is 2.37. The second-order valence-electron chi connectivity index (χ2n) is 10.1. The van der Waals surface area contributed by atoms with E-state index in [-0.39, 0.29) is 0 Å². The maximum absolute atomic E-state index is 12.2. The van der Waals surface area contributed by atoms with Crippen LogP contribution in [0.5, 0.6) is 0 Å². The molecule has 2 atom stereocenters. The van der Waals surface area contributed by atoms with Gasteiger partial charge >= 0.3 is 5.97 Å². The molecule has 2 N–H and O–H groups in total. The minimum Gasteiger partial charge on any atom is -0.480 e. The Kier molecular flexibility index (Phi) is 6.91. The van der Waals surface area contributed by atoms with Crippen molar-refractivity contribution in [1.29, 1.82) is 0 Å². The lowest BCUT2D eigenvalue weighted by atomic mass is 9.99. The van der Waals surface area contributed by atoms with Crippen molar-refractivity contribution in [2.24, 2.45) is 5.92 Å². The fraction of sp³-hybridized carbons (Fsp3) is 0.593. The molecule has 6 heteroatoms. The lowest BCUT2D eigenvalue weighted by Crippen LogP contribution is -2.33. The van der Waals surface area contributed by atoms with Crippen LogP contribution in [-0.2, 0) is 17.6 Å². The van der Waals surface area contributed by atoms with Crippen molar-refractivity contribution < 1.29 is 9.90 Å². The average molecular weight is 449 g/mol. The van der Waals surface area contributed by atoms with E-state index in [1.54, 1.807) is 6.20 Å². The lowest BCUT2D eigenvalue weighted by Gasteiger charge is -2.26. The van der Waals surface area contributed by atoms with Gasteiger partial charge in [-0.25, -0.2) is 4.98 Å². The van der Waals surface area contributed by atoms with Crippen molar-refractivity contribution in [1.82, 2.24) is 14.9 Å². The Bertz CT molecular complexity index is 974. The number of carboxylic acids is 1. The van der Waals surface area contributed by atoms with Crippen molar-refractivity contribution in [3.8, 4) is 0 Å². The Morgan fingerprint density at radius 3 is 2.94 bits per heavy atom. The smallest absolute Gasteiger partial charge is 0.325 e. The van der Waals surface area contributed by atoms with Gasteiger partial charge in [-0.2, -0.15) is 0 Å². The first-order valence-electron chi connectivity index (χ1n) is 12.8. The number of aliphatic carboxylic acids is 1. The van der Waals surface area contributed by atoms with Crippen LogP contribution in [-0.4, -0.2) is 45.6 Å². The van der Waals surface area contributed by atoms with Crippen molar-refractivity contribution in [2.75, 3.05) is 25.0 Å². The first-order valence-corrected chi connectivity index (χ1v) is 12.8. The summed E-state index contributed by atoms with van der Waals surface area (Å²) < 4.78 is 0. The van der Waals surface area contributed by atoms with E-state index < -0.39 is 12.0 Å². The molecule has 0 radical (unpaired) electrons.